The third-order valence-electron chi connectivity index (χ3n) is 4.25. The van der Waals surface area contributed by atoms with Crippen LogP contribution in [0.25, 0.3) is 15.9 Å². The van der Waals surface area contributed by atoms with Crippen molar-refractivity contribution in [3.63, 3.8) is 0 Å². The molecule has 0 spiro atoms. The highest BCUT2D eigenvalue weighted by molar-refractivity contribution is 7.99. The number of rotatable bonds is 7. The van der Waals surface area contributed by atoms with E-state index in [1.807, 2.05) is 60.7 Å². The number of Topliss-reactive ketones (excluding diaryl/α,β-unsaturated/α-hetero) is 1. The molecule has 1 heterocycles. The van der Waals surface area contributed by atoms with Crippen molar-refractivity contribution in [1.29, 1.82) is 0 Å². The van der Waals surface area contributed by atoms with Crippen LogP contribution in [0.4, 0.5) is 5.69 Å². The Hall–Kier alpha value is -3.56. The van der Waals surface area contributed by atoms with Crippen LogP contribution in [0, 0.1) is 6.57 Å². The summed E-state index contributed by atoms with van der Waals surface area (Å²) in [7, 11) is 0. The van der Waals surface area contributed by atoms with Gasteiger partial charge in [0.1, 0.15) is 17.3 Å². The van der Waals surface area contributed by atoms with Crippen molar-refractivity contribution in [1.82, 2.24) is 9.97 Å². The number of benzene rings is 3. The van der Waals surface area contributed by atoms with Crippen LogP contribution < -0.4 is 4.74 Å². The summed E-state index contributed by atoms with van der Waals surface area (Å²) in [5, 5.41) is 0.682. The maximum absolute atomic E-state index is 12.3. The summed E-state index contributed by atoms with van der Waals surface area (Å²) >= 11 is 1.37. The van der Waals surface area contributed by atoms with E-state index in [1.165, 1.54) is 11.8 Å². The number of imidazole rings is 1. The predicted octanol–water partition coefficient (Wildman–Crippen LogP) is 5.81. The van der Waals surface area contributed by atoms with E-state index in [0.717, 1.165) is 28.1 Å². The third kappa shape index (κ3) is 4.84. The number of nitrogens with zero attached hydrogens (tertiary/aromatic N) is 2. The molecule has 4 rings (SSSR count). The van der Waals surface area contributed by atoms with E-state index in [0.29, 0.717) is 23.0 Å². The molecule has 0 radical (unpaired) electrons. The maximum atomic E-state index is 12.3. The number of thioether (sulfide) groups is 1. The van der Waals surface area contributed by atoms with Crippen molar-refractivity contribution in [2.45, 2.75) is 11.6 Å². The van der Waals surface area contributed by atoms with Gasteiger partial charge in [0.2, 0.25) is 0 Å². The van der Waals surface area contributed by atoms with E-state index in [2.05, 4.69) is 14.8 Å². The first kappa shape index (κ1) is 18.8. The number of aromatic amines is 1. The molecule has 0 amide bonds. The molecule has 6 heteroatoms. The Kier molecular flexibility index (Phi) is 5.59. The molecule has 0 aliphatic carbocycles. The van der Waals surface area contributed by atoms with Crippen LogP contribution in [0.15, 0.2) is 78.0 Å². The SMILES string of the molecule is [C-]#[N+]c1ccc2nc(SCC(=O)Cc3ccc(Oc4ccccc4)cc3)[nH]c2c1. The molecule has 0 fully saturated rings. The van der Waals surface area contributed by atoms with Gasteiger partial charge in [0.15, 0.2) is 10.8 Å². The number of ether oxygens (including phenoxy) is 1. The predicted molar refractivity (Wildman–Crippen MR) is 115 cm³/mol. The first-order chi connectivity index (χ1) is 14.2. The molecule has 0 unspecified atom stereocenters. The lowest BCUT2D eigenvalue weighted by molar-refractivity contribution is -0.116. The highest BCUT2D eigenvalue weighted by atomic mass is 32.2. The lowest BCUT2D eigenvalue weighted by Gasteiger charge is -2.06. The van der Waals surface area contributed by atoms with Gasteiger partial charge in [0.05, 0.1) is 23.4 Å². The second-order valence-corrected chi connectivity index (χ2v) is 7.38. The molecule has 0 saturated heterocycles. The fourth-order valence-corrected chi connectivity index (χ4v) is 3.58. The molecule has 4 aromatic rings. The zero-order chi connectivity index (χ0) is 20.1. The molecule has 0 bridgehead atoms. The van der Waals surface area contributed by atoms with Gasteiger partial charge in [-0.3, -0.25) is 4.79 Å². The van der Waals surface area contributed by atoms with E-state index < -0.39 is 0 Å². The molecule has 0 aliphatic rings. The van der Waals surface area contributed by atoms with E-state index in [4.69, 9.17) is 11.3 Å². The van der Waals surface area contributed by atoms with Crippen LogP contribution >= 0.6 is 11.8 Å². The molecule has 1 N–H and O–H groups in total. The number of hydrogen-bond donors (Lipinski definition) is 1. The third-order valence-corrected chi connectivity index (χ3v) is 5.18. The minimum absolute atomic E-state index is 0.119. The smallest absolute Gasteiger partial charge is 0.189 e. The largest absolute Gasteiger partial charge is 0.457 e. The van der Waals surface area contributed by atoms with E-state index >= 15 is 0 Å². The molecular weight excluding hydrogens is 382 g/mol. The van der Waals surface area contributed by atoms with Gasteiger partial charge in [0.25, 0.3) is 0 Å². The first-order valence-corrected chi connectivity index (χ1v) is 10.0. The summed E-state index contributed by atoms with van der Waals surface area (Å²) in [6.45, 7) is 7.07. The lowest BCUT2D eigenvalue weighted by Crippen LogP contribution is -2.05. The van der Waals surface area contributed by atoms with Gasteiger partial charge in [-0.1, -0.05) is 48.2 Å². The van der Waals surface area contributed by atoms with Crippen molar-refractivity contribution >= 4 is 34.3 Å². The minimum atomic E-state index is 0.119. The van der Waals surface area contributed by atoms with Crippen LogP contribution in [0.2, 0.25) is 0 Å². The fraction of sp³-hybridized carbons (Fsp3) is 0.0870. The molecule has 0 saturated carbocycles. The molecule has 29 heavy (non-hydrogen) atoms. The standard InChI is InChI=1S/C23H17N3O2S/c1-24-17-9-12-21-22(14-17)26-23(25-21)29-15-18(27)13-16-7-10-20(11-8-16)28-19-5-3-2-4-6-19/h2-12,14H,13,15H2,(H,25,26). The number of carbonyl (C=O) groups excluding carboxylic acids is 1. The zero-order valence-corrected chi connectivity index (χ0v) is 16.3. The fourth-order valence-electron chi connectivity index (χ4n) is 2.84. The van der Waals surface area contributed by atoms with Crippen LogP contribution in [0.3, 0.4) is 0 Å². The number of carbonyl (C=O) groups is 1. The van der Waals surface area contributed by atoms with Crippen molar-refractivity contribution in [2.75, 3.05) is 5.75 Å². The average molecular weight is 399 g/mol. The van der Waals surface area contributed by atoms with Crippen LogP contribution in [0.1, 0.15) is 5.56 Å². The number of H-pyrrole nitrogens is 1. The number of para-hydroxylation sites is 1. The van der Waals surface area contributed by atoms with Crippen molar-refractivity contribution < 1.29 is 9.53 Å². The molecule has 5 nitrogen and oxygen atoms in total. The maximum Gasteiger partial charge on any atom is 0.189 e. The summed E-state index contributed by atoms with van der Waals surface area (Å²) in [5.74, 6) is 1.97. The molecule has 3 aromatic carbocycles. The van der Waals surface area contributed by atoms with Crippen LogP contribution in [-0.4, -0.2) is 21.5 Å². The van der Waals surface area contributed by atoms with Crippen molar-refractivity contribution in [3.8, 4) is 11.5 Å². The van der Waals surface area contributed by atoms with Gasteiger partial charge in [-0.25, -0.2) is 9.83 Å². The van der Waals surface area contributed by atoms with Gasteiger partial charge in [-0.05, 0) is 42.0 Å². The molecular formula is C23H17N3O2S. The van der Waals surface area contributed by atoms with Gasteiger partial charge in [-0.15, -0.1) is 0 Å². The molecule has 1 aromatic heterocycles. The summed E-state index contributed by atoms with van der Waals surface area (Å²) < 4.78 is 5.77. The Bertz CT molecular complexity index is 1180. The van der Waals surface area contributed by atoms with Gasteiger partial charge in [0, 0.05) is 6.42 Å². The average Bonchev–Trinajstić information content (AvgIpc) is 3.16. The number of nitrogens with one attached hydrogen (secondary N) is 1. The van der Waals surface area contributed by atoms with Crippen LogP contribution in [0.5, 0.6) is 11.5 Å². The van der Waals surface area contributed by atoms with E-state index in [-0.39, 0.29) is 5.78 Å². The minimum Gasteiger partial charge on any atom is -0.457 e. The number of fused-ring (bicyclic) bond motifs is 1. The summed E-state index contributed by atoms with van der Waals surface area (Å²) in [5.41, 5.74) is 3.11. The summed E-state index contributed by atoms with van der Waals surface area (Å²) in [4.78, 5) is 23.4. The van der Waals surface area contributed by atoms with Gasteiger partial charge < -0.3 is 9.72 Å². The quantitative estimate of drug-likeness (QED) is 0.315. The monoisotopic (exact) mass is 399 g/mol. The highest BCUT2D eigenvalue weighted by Gasteiger charge is 2.09. The van der Waals surface area contributed by atoms with E-state index in [1.54, 1.807) is 12.1 Å². The first-order valence-electron chi connectivity index (χ1n) is 9.03. The lowest BCUT2D eigenvalue weighted by atomic mass is 10.1. The Morgan fingerprint density at radius 1 is 1.03 bits per heavy atom. The Balaban J connectivity index is 1.32. The van der Waals surface area contributed by atoms with Gasteiger partial charge >= 0.3 is 0 Å². The van der Waals surface area contributed by atoms with E-state index in [9.17, 15) is 4.79 Å². The number of hydrogen-bond acceptors (Lipinski definition) is 4. The topological polar surface area (TPSA) is 59.3 Å². The Morgan fingerprint density at radius 3 is 2.55 bits per heavy atom. The Morgan fingerprint density at radius 2 is 1.79 bits per heavy atom. The van der Waals surface area contributed by atoms with Gasteiger partial charge in [-0.2, -0.15) is 0 Å². The molecule has 0 aliphatic heterocycles. The second-order valence-electron chi connectivity index (χ2n) is 6.42. The second kappa shape index (κ2) is 8.63. The van der Waals surface area contributed by atoms with Crippen molar-refractivity contribution in [3.05, 3.63) is 89.8 Å². The molecule has 142 valence electrons. The highest BCUT2D eigenvalue weighted by Crippen LogP contribution is 2.24. The van der Waals surface area contributed by atoms with Crippen molar-refractivity contribution in [2.24, 2.45) is 0 Å². The van der Waals surface area contributed by atoms with Crippen LogP contribution in [-0.2, 0) is 11.2 Å². The summed E-state index contributed by atoms with van der Waals surface area (Å²) in [6, 6.07) is 22.5. The number of ketones is 1. The zero-order valence-electron chi connectivity index (χ0n) is 15.5. The molecule has 0 atom stereocenters. The normalized spacial score (nSPS) is 10.6. The summed E-state index contributed by atoms with van der Waals surface area (Å²) in [6.07, 6.45) is 0.362. The Labute approximate surface area is 172 Å². The number of aromatic nitrogens is 2.